The molecule has 2 rings (SSSR count). The van der Waals surface area contributed by atoms with E-state index >= 15 is 0 Å². The number of hydrogen-bond acceptors (Lipinski definition) is 8. The van der Waals surface area contributed by atoms with Crippen molar-refractivity contribution in [3.63, 3.8) is 0 Å². The van der Waals surface area contributed by atoms with E-state index < -0.39 is 17.6 Å². The van der Waals surface area contributed by atoms with Gasteiger partial charge in [-0.25, -0.2) is 0 Å². The Morgan fingerprint density at radius 1 is 0.471 bits per heavy atom. The maximum absolute atomic E-state index is 6.18. The average Bonchev–Trinajstić information content (AvgIpc) is 2.84. The van der Waals surface area contributed by atoms with Gasteiger partial charge in [0.1, 0.15) is 0 Å². The lowest BCUT2D eigenvalue weighted by molar-refractivity contribution is 0.0846. The van der Waals surface area contributed by atoms with Gasteiger partial charge < -0.3 is 26.6 Å². The van der Waals surface area contributed by atoms with Crippen molar-refractivity contribution in [3.05, 3.63) is 48.5 Å². The van der Waals surface area contributed by atoms with Crippen molar-refractivity contribution in [2.75, 3.05) is 39.6 Å². The first-order chi connectivity index (χ1) is 16.6. The highest BCUT2D eigenvalue weighted by Gasteiger charge is 2.46. The molecule has 6 nitrogen and oxygen atoms in total. The molecule has 2 aromatic rings. The fourth-order valence-corrected chi connectivity index (χ4v) is 12.3. The Hall–Kier alpha value is -0.666. The van der Waals surface area contributed by atoms with Crippen molar-refractivity contribution in [3.8, 4) is 0 Å². The van der Waals surface area contributed by atoms with Gasteiger partial charge in [0.05, 0.1) is 0 Å². The third-order valence-corrected chi connectivity index (χ3v) is 13.7. The number of benzene rings is 2. The van der Waals surface area contributed by atoms with Crippen molar-refractivity contribution in [1.82, 2.24) is 0 Å². The van der Waals surface area contributed by atoms with Crippen LogP contribution < -0.4 is 10.4 Å². The highest BCUT2D eigenvalue weighted by atomic mass is 33.1. The van der Waals surface area contributed by atoms with Crippen LogP contribution in [0.15, 0.2) is 58.3 Å². The smallest absolute Gasteiger partial charge is 0.370 e. The van der Waals surface area contributed by atoms with Gasteiger partial charge in [-0.1, -0.05) is 58.0 Å². The molecule has 10 heteroatoms. The lowest BCUT2D eigenvalue weighted by atomic mass is 10.4. The SMILES string of the molecule is CCO[Si](OCC)(OCC)c1ccccc1SSc1ccccc1[Si](OCC)(OCC)OCC. The van der Waals surface area contributed by atoms with E-state index in [0.717, 1.165) is 20.2 Å². The summed E-state index contributed by atoms with van der Waals surface area (Å²) in [6, 6.07) is 16.4. The van der Waals surface area contributed by atoms with Gasteiger partial charge in [-0.15, -0.1) is 0 Å². The number of hydrogen-bond donors (Lipinski definition) is 0. The first-order valence-corrected chi connectivity index (χ1v) is 17.5. The Morgan fingerprint density at radius 2 is 0.735 bits per heavy atom. The van der Waals surface area contributed by atoms with Crippen LogP contribution in [0.4, 0.5) is 0 Å². The average molecular weight is 543 g/mol. The van der Waals surface area contributed by atoms with Crippen LogP contribution in [-0.4, -0.2) is 57.3 Å². The fourth-order valence-electron chi connectivity index (χ4n) is 3.53. The highest BCUT2D eigenvalue weighted by molar-refractivity contribution is 8.76. The van der Waals surface area contributed by atoms with Crippen molar-refractivity contribution in [2.24, 2.45) is 0 Å². The Balaban J connectivity index is 2.44. The van der Waals surface area contributed by atoms with Crippen LogP contribution in [0.25, 0.3) is 0 Å². The summed E-state index contributed by atoms with van der Waals surface area (Å²) in [7, 11) is -2.77. The molecule has 34 heavy (non-hydrogen) atoms. The predicted molar refractivity (Wildman–Crippen MR) is 145 cm³/mol. The van der Waals surface area contributed by atoms with E-state index in [0.29, 0.717) is 39.6 Å². The molecule has 0 heterocycles. The van der Waals surface area contributed by atoms with E-state index in [4.69, 9.17) is 26.6 Å². The minimum Gasteiger partial charge on any atom is -0.370 e. The molecule has 0 bridgehead atoms. The van der Waals surface area contributed by atoms with E-state index in [1.54, 1.807) is 21.6 Å². The van der Waals surface area contributed by atoms with Gasteiger partial charge in [0, 0.05) is 59.8 Å². The van der Waals surface area contributed by atoms with Crippen LogP contribution in [-0.2, 0) is 26.6 Å². The maximum Gasteiger partial charge on any atom is 0.538 e. The van der Waals surface area contributed by atoms with Gasteiger partial charge in [-0.2, -0.15) is 0 Å². The molecule has 0 saturated carbocycles. The molecule has 0 unspecified atom stereocenters. The largest absolute Gasteiger partial charge is 0.538 e. The third-order valence-electron chi connectivity index (χ3n) is 4.66. The zero-order valence-electron chi connectivity index (χ0n) is 21.1. The highest BCUT2D eigenvalue weighted by Crippen LogP contribution is 2.38. The summed E-state index contributed by atoms with van der Waals surface area (Å²) < 4.78 is 37.1. The van der Waals surface area contributed by atoms with Crippen LogP contribution in [0.1, 0.15) is 41.5 Å². The van der Waals surface area contributed by atoms with Gasteiger partial charge in [0.25, 0.3) is 0 Å². The van der Waals surface area contributed by atoms with Gasteiger partial charge in [0.2, 0.25) is 0 Å². The van der Waals surface area contributed by atoms with Crippen molar-refractivity contribution < 1.29 is 26.6 Å². The number of rotatable bonds is 17. The molecular weight excluding hydrogens is 505 g/mol. The fraction of sp³-hybridized carbons (Fsp3) is 0.500. The second-order valence-electron chi connectivity index (χ2n) is 6.87. The van der Waals surface area contributed by atoms with Gasteiger partial charge in [0.15, 0.2) is 0 Å². The minimum absolute atomic E-state index is 0.520. The molecular formula is C24H38O6S2Si2. The molecule has 190 valence electrons. The van der Waals surface area contributed by atoms with Crippen LogP contribution >= 0.6 is 21.6 Å². The second kappa shape index (κ2) is 15.4. The molecule has 0 aliphatic rings. The molecule has 0 N–H and O–H groups in total. The van der Waals surface area contributed by atoms with Crippen LogP contribution in [0.5, 0.6) is 0 Å². The van der Waals surface area contributed by atoms with Crippen LogP contribution in [0, 0.1) is 0 Å². The molecule has 0 aromatic heterocycles. The van der Waals surface area contributed by atoms with E-state index in [-0.39, 0.29) is 0 Å². The van der Waals surface area contributed by atoms with Crippen molar-refractivity contribution >= 4 is 49.6 Å². The van der Waals surface area contributed by atoms with E-state index in [2.05, 4.69) is 24.3 Å². The van der Waals surface area contributed by atoms with Crippen molar-refractivity contribution in [2.45, 2.75) is 51.3 Å². The molecule has 2 aromatic carbocycles. The van der Waals surface area contributed by atoms with E-state index in [1.165, 1.54) is 0 Å². The lowest BCUT2D eigenvalue weighted by Gasteiger charge is -2.30. The first kappa shape index (κ1) is 29.6. The topological polar surface area (TPSA) is 55.4 Å². The Labute approximate surface area is 215 Å². The molecule has 0 aliphatic carbocycles. The minimum atomic E-state index is -3.04. The standard InChI is InChI=1S/C24H38O6S2Si2/c1-7-25-33(26-8-2,27-9-3)23-19-15-13-17-21(23)31-32-22-18-14-16-20-24(22)34(28-10-4,29-11-5)30-12-6/h13-20H,7-12H2,1-6H3. The molecule has 0 atom stereocenters. The predicted octanol–water partition coefficient (Wildman–Crippen LogP) is 5.00. The molecule has 0 aliphatic heterocycles. The van der Waals surface area contributed by atoms with E-state index in [1.807, 2.05) is 65.8 Å². The van der Waals surface area contributed by atoms with Gasteiger partial charge in [-0.05, 0) is 53.7 Å². The molecule has 0 amide bonds. The van der Waals surface area contributed by atoms with Gasteiger partial charge >= 0.3 is 17.6 Å². The molecule has 0 radical (unpaired) electrons. The van der Waals surface area contributed by atoms with Gasteiger partial charge in [-0.3, -0.25) is 0 Å². The quantitative estimate of drug-likeness (QED) is 0.205. The Kier molecular flexibility index (Phi) is 13.4. The third kappa shape index (κ3) is 7.42. The summed E-state index contributed by atoms with van der Waals surface area (Å²) in [6.07, 6.45) is 0. The summed E-state index contributed by atoms with van der Waals surface area (Å²) in [5.74, 6) is 0. The lowest BCUT2D eigenvalue weighted by Crippen LogP contribution is -2.57. The normalized spacial score (nSPS) is 12.3. The zero-order valence-corrected chi connectivity index (χ0v) is 24.8. The van der Waals surface area contributed by atoms with E-state index in [9.17, 15) is 0 Å². The molecule has 0 saturated heterocycles. The first-order valence-electron chi connectivity index (χ1n) is 11.9. The summed E-state index contributed by atoms with van der Waals surface area (Å²) in [4.78, 5) is 2.11. The van der Waals surface area contributed by atoms with Crippen LogP contribution in [0.3, 0.4) is 0 Å². The Morgan fingerprint density at radius 3 is 1.00 bits per heavy atom. The summed E-state index contributed by atoms with van der Waals surface area (Å²) in [6.45, 7) is 15.0. The van der Waals surface area contributed by atoms with Crippen molar-refractivity contribution in [1.29, 1.82) is 0 Å². The molecule has 0 fully saturated rings. The second-order valence-corrected chi connectivity index (χ2v) is 14.1. The monoisotopic (exact) mass is 542 g/mol. The summed E-state index contributed by atoms with van der Waals surface area (Å²) in [5.41, 5.74) is 0. The summed E-state index contributed by atoms with van der Waals surface area (Å²) >= 11 is 0. The van der Waals surface area contributed by atoms with Crippen LogP contribution in [0.2, 0.25) is 0 Å². The zero-order chi connectivity index (χ0) is 24.9. The maximum atomic E-state index is 6.18. The molecule has 0 spiro atoms. The summed E-state index contributed by atoms with van der Waals surface area (Å²) in [5, 5.41) is 1.97. The Bertz CT molecular complexity index is 754.